The summed E-state index contributed by atoms with van der Waals surface area (Å²) in [5, 5.41) is 4.50. The molecular formula is C22H23NO4S. The Bertz CT molecular complexity index is 918. The summed E-state index contributed by atoms with van der Waals surface area (Å²) >= 11 is 1.79. The van der Waals surface area contributed by atoms with Crippen LogP contribution in [-0.4, -0.2) is 23.5 Å². The highest BCUT2D eigenvalue weighted by Crippen LogP contribution is 2.25. The minimum Gasteiger partial charge on any atom is -0.497 e. The van der Waals surface area contributed by atoms with Gasteiger partial charge in [-0.2, -0.15) is 0 Å². The smallest absolute Gasteiger partial charge is 0.310 e. The van der Waals surface area contributed by atoms with Crippen molar-refractivity contribution in [3.63, 3.8) is 0 Å². The first-order valence-corrected chi connectivity index (χ1v) is 9.92. The Labute approximate surface area is 169 Å². The van der Waals surface area contributed by atoms with Gasteiger partial charge in [0.25, 0.3) is 0 Å². The van der Waals surface area contributed by atoms with Crippen LogP contribution in [0.25, 0.3) is 11.3 Å². The molecule has 0 saturated carbocycles. The Kier molecular flexibility index (Phi) is 6.76. The third-order valence-corrected chi connectivity index (χ3v) is 4.95. The molecule has 0 radical (unpaired) electrons. The monoisotopic (exact) mass is 397 g/mol. The molecule has 0 N–H and O–H groups in total. The molecule has 0 aliphatic heterocycles. The Morgan fingerprint density at radius 1 is 1.14 bits per heavy atom. The Morgan fingerprint density at radius 2 is 1.93 bits per heavy atom. The fourth-order valence-corrected chi connectivity index (χ4v) is 3.46. The van der Waals surface area contributed by atoms with Crippen molar-refractivity contribution in [1.29, 1.82) is 0 Å². The van der Waals surface area contributed by atoms with Crippen molar-refractivity contribution in [2.75, 3.05) is 7.11 Å². The molecule has 0 unspecified atom stereocenters. The van der Waals surface area contributed by atoms with Crippen LogP contribution in [0.2, 0.25) is 0 Å². The summed E-state index contributed by atoms with van der Waals surface area (Å²) in [6, 6.07) is 17.2. The first kappa shape index (κ1) is 20.0. The molecule has 1 aromatic heterocycles. The molecule has 0 aliphatic rings. The SMILES string of the molecule is COc1cccc(-c2cc(COC(=O)Cc3ccc(SC(C)C)cc3)no2)c1. The van der Waals surface area contributed by atoms with E-state index >= 15 is 0 Å². The zero-order valence-electron chi connectivity index (χ0n) is 16.2. The first-order valence-electron chi connectivity index (χ1n) is 9.04. The van der Waals surface area contributed by atoms with Crippen LogP contribution < -0.4 is 4.74 Å². The van der Waals surface area contributed by atoms with E-state index in [0.29, 0.717) is 16.7 Å². The fourth-order valence-electron chi connectivity index (χ4n) is 2.62. The molecule has 146 valence electrons. The molecule has 0 aliphatic carbocycles. The molecule has 0 fully saturated rings. The zero-order chi connectivity index (χ0) is 19.9. The Morgan fingerprint density at radius 3 is 2.64 bits per heavy atom. The van der Waals surface area contributed by atoms with Gasteiger partial charge in [-0.1, -0.05) is 43.3 Å². The van der Waals surface area contributed by atoms with E-state index < -0.39 is 0 Å². The van der Waals surface area contributed by atoms with Gasteiger partial charge in [-0.3, -0.25) is 4.79 Å². The van der Waals surface area contributed by atoms with Crippen molar-refractivity contribution < 1.29 is 18.8 Å². The molecule has 1 heterocycles. The lowest BCUT2D eigenvalue weighted by Gasteiger charge is -2.06. The number of rotatable bonds is 8. The van der Waals surface area contributed by atoms with Crippen molar-refractivity contribution in [2.24, 2.45) is 0 Å². The van der Waals surface area contributed by atoms with Gasteiger partial charge in [0, 0.05) is 21.8 Å². The number of benzene rings is 2. The fraction of sp³-hybridized carbons (Fsp3) is 0.273. The molecule has 3 aromatic rings. The van der Waals surface area contributed by atoms with Crippen LogP contribution in [0.3, 0.4) is 0 Å². The highest BCUT2D eigenvalue weighted by Gasteiger charge is 2.11. The van der Waals surface area contributed by atoms with E-state index in [0.717, 1.165) is 16.9 Å². The number of hydrogen-bond acceptors (Lipinski definition) is 6. The second-order valence-corrected chi connectivity index (χ2v) is 8.21. The minimum atomic E-state index is -0.296. The summed E-state index contributed by atoms with van der Waals surface area (Å²) in [7, 11) is 1.61. The maximum absolute atomic E-state index is 12.1. The molecule has 28 heavy (non-hydrogen) atoms. The predicted molar refractivity (Wildman–Crippen MR) is 109 cm³/mol. The van der Waals surface area contributed by atoms with Crippen LogP contribution in [0.4, 0.5) is 0 Å². The molecular weight excluding hydrogens is 374 g/mol. The molecule has 5 nitrogen and oxygen atoms in total. The van der Waals surface area contributed by atoms with E-state index in [1.807, 2.05) is 48.5 Å². The summed E-state index contributed by atoms with van der Waals surface area (Å²) in [5.41, 5.74) is 2.34. The normalized spacial score (nSPS) is 10.9. The average molecular weight is 397 g/mol. The first-order chi connectivity index (χ1) is 13.5. The molecule has 0 bridgehead atoms. The van der Waals surface area contributed by atoms with Gasteiger partial charge in [0.05, 0.1) is 13.5 Å². The Balaban J connectivity index is 1.53. The number of carbonyl (C=O) groups excluding carboxylic acids is 1. The van der Waals surface area contributed by atoms with Gasteiger partial charge in [0.15, 0.2) is 5.76 Å². The number of carbonyl (C=O) groups is 1. The number of thioether (sulfide) groups is 1. The average Bonchev–Trinajstić information content (AvgIpc) is 3.17. The number of aromatic nitrogens is 1. The van der Waals surface area contributed by atoms with E-state index in [1.54, 1.807) is 24.9 Å². The zero-order valence-corrected chi connectivity index (χ0v) is 17.0. The largest absolute Gasteiger partial charge is 0.497 e. The molecule has 2 aromatic carbocycles. The number of methoxy groups -OCH3 is 1. The van der Waals surface area contributed by atoms with Crippen molar-refractivity contribution in [3.05, 3.63) is 65.9 Å². The maximum atomic E-state index is 12.1. The number of nitrogens with zero attached hydrogens (tertiary/aromatic N) is 1. The van der Waals surface area contributed by atoms with Crippen molar-refractivity contribution in [3.8, 4) is 17.1 Å². The summed E-state index contributed by atoms with van der Waals surface area (Å²) in [5.74, 6) is 1.04. The van der Waals surface area contributed by atoms with Crippen LogP contribution >= 0.6 is 11.8 Å². The van der Waals surface area contributed by atoms with Crippen molar-refractivity contribution in [2.45, 2.75) is 37.0 Å². The molecule has 0 atom stereocenters. The minimum absolute atomic E-state index is 0.0770. The second-order valence-electron chi connectivity index (χ2n) is 6.56. The van der Waals surface area contributed by atoms with Crippen LogP contribution in [0.15, 0.2) is 64.0 Å². The standard InChI is InChI=1S/C22H23NO4S/c1-15(2)28-20-9-7-16(8-10-20)11-22(24)26-14-18-13-21(27-23-18)17-5-4-6-19(12-17)25-3/h4-10,12-13,15H,11,14H2,1-3H3. The third-order valence-electron chi connectivity index (χ3n) is 3.94. The summed E-state index contributed by atoms with van der Waals surface area (Å²) in [6.07, 6.45) is 0.229. The predicted octanol–water partition coefficient (Wildman–Crippen LogP) is 5.14. The van der Waals surface area contributed by atoms with Crippen molar-refractivity contribution in [1.82, 2.24) is 5.16 Å². The lowest BCUT2D eigenvalue weighted by molar-refractivity contribution is -0.144. The number of esters is 1. The summed E-state index contributed by atoms with van der Waals surface area (Å²) < 4.78 is 15.9. The molecule has 6 heteroatoms. The lowest BCUT2D eigenvalue weighted by Crippen LogP contribution is -2.08. The second kappa shape index (κ2) is 9.46. The van der Waals surface area contributed by atoms with E-state index in [2.05, 4.69) is 19.0 Å². The van der Waals surface area contributed by atoms with Gasteiger partial charge in [0.1, 0.15) is 18.1 Å². The number of ether oxygens (including phenoxy) is 2. The molecule has 0 saturated heterocycles. The van der Waals surface area contributed by atoms with Gasteiger partial charge in [-0.05, 0) is 29.8 Å². The van der Waals surface area contributed by atoms with E-state index in [9.17, 15) is 4.79 Å². The van der Waals surface area contributed by atoms with Gasteiger partial charge in [0.2, 0.25) is 0 Å². The highest BCUT2D eigenvalue weighted by molar-refractivity contribution is 7.99. The van der Waals surface area contributed by atoms with Crippen molar-refractivity contribution >= 4 is 17.7 Å². The molecule has 3 rings (SSSR count). The van der Waals surface area contributed by atoms with E-state index in [1.165, 1.54) is 4.90 Å². The van der Waals surface area contributed by atoms with E-state index in [4.69, 9.17) is 14.0 Å². The van der Waals surface area contributed by atoms with Crippen LogP contribution in [-0.2, 0) is 22.6 Å². The Hall–Kier alpha value is -2.73. The van der Waals surface area contributed by atoms with Crippen LogP contribution in [0.5, 0.6) is 5.75 Å². The topological polar surface area (TPSA) is 61.6 Å². The maximum Gasteiger partial charge on any atom is 0.310 e. The quantitative estimate of drug-likeness (QED) is 0.388. The van der Waals surface area contributed by atoms with Gasteiger partial charge >= 0.3 is 5.97 Å². The number of hydrogen-bond donors (Lipinski definition) is 0. The lowest BCUT2D eigenvalue weighted by atomic mass is 10.1. The highest BCUT2D eigenvalue weighted by atomic mass is 32.2. The van der Waals surface area contributed by atoms with E-state index in [-0.39, 0.29) is 19.0 Å². The van der Waals surface area contributed by atoms with Crippen LogP contribution in [0.1, 0.15) is 25.1 Å². The van der Waals surface area contributed by atoms with Gasteiger partial charge in [-0.25, -0.2) is 0 Å². The molecule has 0 amide bonds. The van der Waals surface area contributed by atoms with Crippen LogP contribution in [0, 0.1) is 0 Å². The van der Waals surface area contributed by atoms with Gasteiger partial charge < -0.3 is 14.0 Å². The summed E-state index contributed by atoms with van der Waals surface area (Å²) in [6.45, 7) is 4.38. The van der Waals surface area contributed by atoms with Gasteiger partial charge in [-0.15, -0.1) is 11.8 Å². The summed E-state index contributed by atoms with van der Waals surface area (Å²) in [4.78, 5) is 13.3. The molecule has 0 spiro atoms. The third kappa shape index (κ3) is 5.63.